The highest BCUT2D eigenvalue weighted by molar-refractivity contribution is 6.01. The molecule has 0 saturated heterocycles. The molecule has 0 aliphatic heterocycles. The third-order valence-corrected chi connectivity index (χ3v) is 5.59. The van der Waals surface area contributed by atoms with Crippen LogP contribution in [0.2, 0.25) is 0 Å². The molecule has 34 heavy (non-hydrogen) atoms. The lowest BCUT2D eigenvalue weighted by Crippen LogP contribution is -2.43. The van der Waals surface area contributed by atoms with Crippen molar-refractivity contribution in [3.8, 4) is 5.88 Å². The molecular weight excluding hydrogens is 430 g/mol. The Labute approximate surface area is 199 Å². The first kappa shape index (κ1) is 23.2. The van der Waals surface area contributed by atoms with Gasteiger partial charge in [0.2, 0.25) is 11.8 Å². The number of amides is 2. The van der Waals surface area contributed by atoms with Crippen LogP contribution >= 0.6 is 0 Å². The molecule has 8 heteroatoms. The van der Waals surface area contributed by atoms with Gasteiger partial charge in [-0.05, 0) is 68.1 Å². The summed E-state index contributed by atoms with van der Waals surface area (Å²) in [7, 11) is 0. The maximum absolute atomic E-state index is 13.0. The van der Waals surface area contributed by atoms with E-state index in [1.54, 1.807) is 42.9 Å². The van der Waals surface area contributed by atoms with E-state index in [1.807, 2.05) is 31.2 Å². The van der Waals surface area contributed by atoms with Crippen LogP contribution < -0.4 is 20.7 Å². The van der Waals surface area contributed by atoms with E-state index < -0.39 is 6.04 Å². The summed E-state index contributed by atoms with van der Waals surface area (Å²) >= 11 is 0. The normalized spacial score (nSPS) is 13.6. The van der Waals surface area contributed by atoms with E-state index in [4.69, 9.17) is 4.74 Å². The fourth-order valence-corrected chi connectivity index (χ4v) is 3.54. The van der Waals surface area contributed by atoms with E-state index in [1.165, 1.54) is 12.8 Å². The van der Waals surface area contributed by atoms with Gasteiger partial charge in [-0.1, -0.05) is 12.8 Å². The Hall–Kier alpha value is -3.94. The average Bonchev–Trinajstić information content (AvgIpc) is 3.69. The Kier molecular flexibility index (Phi) is 7.70. The number of hydrogen-bond donors (Lipinski definition) is 3. The van der Waals surface area contributed by atoms with Gasteiger partial charge in [-0.25, -0.2) is 4.98 Å². The summed E-state index contributed by atoms with van der Waals surface area (Å²) in [6.45, 7) is 2.41. The number of benzene rings is 1. The second-order valence-corrected chi connectivity index (χ2v) is 8.29. The summed E-state index contributed by atoms with van der Waals surface area (Å²) in [4.78, 5) is 34.1. The van der Waals surface area contributed by atoms with Crippen LogP contribution in [0.1, 0.15) is 43.0 Å². The minimum Gasteiger partial charge on any atom is -0.478 e. The van der Waals surface area contributed by atoms with Gasteiger partial charge in [0.05, 0.1) is 18.5 Å². The summed E-state index contributed by atoms with van der Waals surface area (Å²) in [5.74, 6) is 0.617. The van der Waals surface area contributed by atoms with Crippen LogP contribution in [0.5, 0.6) is 5.88 Å². The van der Waals surface area contributed by atoms with Gasteiger partial charge in [0.15, 0.2) is 0 Å². The van der Waals surface area contributed by atoms with E-state index in [9.17, 15) is 9.59 Å². The molecule has 2 aromatic heterocycles. The van der Waals surface area contributed by atoms with Gasteiger partial charge in [0, 0.05) is 35.4 Å². The van der Waals surface area contributed by atoms with Crippen molar-refractivity contribution in [2.45, 2.75) is 38.6 Å². The lowest BCUT2D eigenvalue weighted by Gasteiger charge is -2.19. The highest BCUT2D eigenvalue weighted by Crippen LogP contribution is 2.34. The van der Waals surface area contributed by atoms with Gasteiger partial charge >= 0.3 is 0 Å². The molecule has 0 bridgehead atoms. The van der Waals surface area contributed by atoms with Gasteiger partial charge in [-0.15, -0.1) is 0 Å². The maximum atomic E-state index is 13.0. The maximum Gasteiger partial charge on any atom is 0.251 e. The third kappa shape index (κ3) is 6.78. The molecule has 1 unspecified atom stereocenters. The Morgan fingerprint density at radius 3 is 2.35 bits per heavy atom. The van der Waals surface area contributed by atoms with E-state index >= 15 is 0 Å². The number of hydrogen-bond acceptors (Lipinski definition) is 6. The molecule has 8 nitrogen and oxygen atoms in total. The van der Waals surface area contributed by atoms with Crippen molar-refractivity contribution in [3.63, 3.8) is 0 Å². The van der Waals surface area contributed by atoms with Gasteiger partial charge in [0.1, 0.15) is 6.04 Å². The van der Waals surface area contributed by atoms with Crippen LogP contribution in [0.4, 0.5) is 17.1 Å². The first-order valence-corrected chi connectivity index (χ1v) is 11.6. The van der Waals surface area contributed by atoms with E-state index in [0.717, 1.165) is 17.8 Å². The number of anilines is 3. The van der Waals surface area contributed by atoms with Crippen molar-refractivity contribution in [1.82, 2.24) is 15.3 Å². The highest BCUT2D eigenvalue weighted by atomic mass is 16.5. The van der Waals surface area contributed by atoms with Crippen LogP contribution in [0, 0.1) is 5.92 Å². The number of ether oxygens (including phenoxy) is 1. The molecule has 3 aromatic rings. The molecular formula is C26H29N5O3. The number of nitrogens with one attached hydrogen (secondary N) is 3. The summed E-state index contributed by atoms with van der Waals surface area (Å²) in [5, 5.41) is 9.03. The van der Waals surface area contributed by atoms with Crippen molar-refractivity contribution in [2.24, 2.45) is 5.92 Å². The lowest BCUT2D eigenvalue weighted by molar-refractivity contribution is -0.118. The molecule has 1 fully saturated rings. The molecule has 1 aliphatic rings. The van der Waals surface area contributed by atoms with Crippen molar-refractivity contribution < 1.29 is 14.3 Å². The van der Waals surface area contributed by atoms with Crippen LogP contribution in [0.15, 0.2) is 67.1 Å². The number of pyridine rings is 2. The van der Waals surface area contributed by atoms with Gasteiger partial charge < -0.3 is 20.7 Å². The van der Waals surface area contributed by atoms with Gasteiger partial charge in [0.25, 0.3) is 5.91 Å². The first-order chi connectivity index (χ1) is 16.6. The zero-order valence-electron chi connectivity index (χ0n) is 19.2. The zero-order chi connectivity index (χ0) is 23.8. The molecule has 1 aromatic carbocycles. The van der Waals surface area contributed by atoms with Crippen LogP contribution in [-0.2, 0) is 4.79 Å². The fourth-order valence-electron chi connectivity index (χ4n) is 3.54. The highest BCUT2D eigenvalue weighted by Gasteiger charge is 2.27. The molecule has 1 saturated carbocycles. The number of carbonyl (C=O) groups is 2. The second kappa shape index (κ2) is 11.3. The van der Waals surface area contributed by atoms with Gasteiger partial charge in [-0.2, -0.15) is 0 Å². The quantitative estimate of drug-likeness (QED) is 0.389. The Morgan fingerprint density at radius 2 is 1.71 bits per heavy atom. The van der Waals surface area contributed by atoms with Crippen molar-refractivity contribution in [2.75, 3.05) is 17.2 Å². The summed E-state index contributed by atoms with van der Waals surface area (Å²) in [6.07, 6.45) is 8.86. The van der Waals surface area contributed by atoms with E-state index in [-0.39, 0.29) is 11.8 Å². The van der Waals surface area contributed by atoms with Crippen molar-refractivity contribution >= 4 is 28.9 Å². The minimum atomic E-state index is -0.630. The molecule has 0 radical (unpaired) electrons. The molecule has 4 rings (SSSR count). The van der Waals surface area contributed by atoms with Crippen molar-refractivity contribution in [3.05, 3.63) is 72.7 Å². The lowest BCUT2D eigenvalue weighted by atomic mass is 10.1. The van der Waals surface area contributed by atoms with Crippen molar-refractivity contribution in [1.29, 1.82) is 0 Å². The second-order valence-electron chi connectivity index (χ2n) is 8.29. The molecule has 3 N–H and O–H groups in total. The number of aromatic nitrogens is 2. The van der Waals surface area contributed by atoms with Crippen LogP contribution in [-0.4, -0.2) is 34.4 Å². The number of carbonyl (C=O) groups excluding carboxylic acids is 2. The molecule has 0 spiro atoms. The Morgan fingerprint density at radius 1 is 1.00 bits per heavy atom. The fraction of sp³-hybridized carbons (Fsp3) is 0.308. The summed E-state index contributed by atoms with van der Waals surface area (Å²) in [5.41, 5.74) is 2.82. The minimum absolute atomic E-state index is 0.254. The molecule has 2 heterocycles. The number of nitrogens with zero attached hydrogens (tertiary/aromatic N) is 2. The zero-order valence-corrected chi connectivity index (χ0v) is 19.2. The number of rotatable bonds is 11. The molecule has 1 aliphatic carbocycles. The van der Waals surface area contributed by atoms with E-state index in [0.29, 0.717) is 36.1 Å². The SMILES string of the molecule is CCOc1ccc(NC(=O)C(CCC2CC2)NC(=O)c2ccc(Nc3ccncc3)cc2)cn1. The monoisotopic (exact) mass is 459 g/mol. The largest absolute Gasteiger partial charge is 0.478 e. The molecule has 1 atom stereocenters. The Bertz CT molecular complexity index is 1080. The molecule has 176 valence electrons. The topological polar surface area (TPSA) is 105 Å². The van der Waals surface area contributed by atoms with Crippen LogP contribution in [0.25, 0.3) is 0 Å². The predicted octanol–water partition coefficient (Wildman–Crippen LogP) is 4.55. The smallest absolute Gasteiger partial charge is 0.251 e. The summed E-state index contributed by atoms with van der Waals surface area (Å²) in [6, 6.07) is 13.7. The Balaban J connectivity index is 1.38. The molecule has 2 amide bonds. The first-order valence-electron chi connectivity index (χ1n) is 11.6. The van der Waals surface area contributed by atoms with Gasteiger partial charge in [-0.3, -0.25) is 14.6 Å². The van der Waals surface area contributed by atoms with E-state index in [2.05, 4.69) is 25.9 Å². The summed E-state index contributed by atoms with van der Waals surface area (Å²) < 4.78 is 5.34. The average molecular weight is 460 g/mol. The standard InChI is InChI=1S/C26H29N5O3/c1-2-34-24-12-10-22(17-28-24)30-26(33)23(11-5-18-3-4-18)31-25(32)19-6-8-20(9-7-19)29-21-13-15-27-16-14-21/h6-10,12-18,23H,2-5,11H2,1H3,(H,27,29)(H,30,33)(H,31,32). The predicted molar refractivity (Wildman–Crippen MR) is 131 cm³/mol. The third-order valence-electron chi connectivity index (χ3n) is 5.59. The van der Waals surface area contributed by atoms with Crippen LogP contribution in [0.3, 0.4) is 0 Å².